The molecule has 0 aliphatic carbocycles. The van der Waals surface area contributed by atoms with E-state index in [0.717, 1.165) is 19.2 Å². The molecule has 0 atom stereocenters. The lowest BCUT2D eigenvalue weighted by Crippen LogP contribution is -2.44. The van der Waals surface area contributed by atoms with E-state index in [9.17, 15) is 17.6 Å². The van der Waals surface area contributed by atoms with E-state index in [1.165, 1.54) is 6.20 Å². The predicted molar refractivity (Wildman–Crippen MR) is 81.4 cm³/mol. The maximum atomic E-state index is 14.3. The SMILES string of the molecule is Fc1cc(C(F)(F)F)cc2c1nc(N1CCNCC1)c1[nH]ncc12. The predicted octanol–water partition coefficient (Wildman–Crippen LogP) is 2.68. The molecule has 0 unspecified atom stereocenters. The van der Waals surface area contributed by atoms with Gasteiger partial charge in [-0.2, -0.15) is 18.3 Å². The number of nitrogens with one attached hydrogen (secondary N) is 2. The molecule has 0 saturated carbocycles. The van der Waals surface area contributed by atoms with Crippen molar-refractivity contribution < 1.29 is 17.6 Å². The van der Waals surface area contributed by atoms with E-state index in [4.69, 9.17) is 0 Å². The molecule has 0 amide bonds. The van der Waals surface area contributed by atoms with Crippen LogP contribution < -0.4 is 10.2 Å². The van der Waals surface area contributed by atoms with Crippen LogP contribution in [0.1, 0.15) is 5.56 Å². The third kappa shape index (κ3) is 2.35. The normalized spacial score (nSPS) is 16.2. The molecule has 0 radical (unpaired) electrons. The standard InChI is InChI=1S/C15H13F4N5/c16-11-6-8(15(17,18)19)5-9-10-7-21-23-13(10)14(22-12(9)11)24-3-1-20-2-4-24/h5-7,20H,1-4H2,(H,21,23). The number of pyridine rings is 1. The Bertz CT molecular complexity index is 911. The van der Waals surface area contributed by atoms with Gasteiger partial charge < -0.3 is 10.2 Å². The highest BCUT2D eigenvalue weighted by atomic mass is 19.4. The van der Waals surface area contributed by atoms with Crippen LogP contribution in [-0.4, -0.2) is 41.4 Å². The summed E-state index contributed by atoms with van der Waals surface area (Å²) in [6.07, 6.45) is -3.22. The monoisotopic (exact) mass is 339 g/mol. The van der Waals surface area contributed by atoms with Gasteiger partial charge in [0.1, 0.15) is 16.9 Å². The molecule has 3 aromatic rings. The van der Waals surface area contributed by atoms with Crippen LogP contribution in [-0.2, 0) is 6.18 Å². The lowest BCUT2D eigenvalue weighted by atomic mass is 10.1. The molecule has 1 aliphatic heterocycles. The lowest BCUT2D eigenvalue weighted by molar-refractivity contribution is -0.137. The molecule has 9 heteroatoms. The Morgan fingerprint density at radius 3 is 2.54 bits per heavy atom. The van der Waals surface area contributed by atoms with Crippen molar-refractivity contribution in [3.8, 4) is 0 Å². The second kappa shape index (κ2) is 5.30. The summed E-state index contributed by atoms with van der Waals surface area (Å²) >= 11 is 0. The van der Waals surface area contributed by atoms with Crippen LogP contribution in [0.2, 0.25) is 0 Å². The van der Waals surface area contributed by atoms with E-state index in [-0.39, 0.29) is 10.9 Å². The molecular weight excluding hydrogens is 326 g/mol. The topological polar surface area (TPSA) is 56.8 Å². The van der Waals surface area contributed by atoms with E-state index in [0.29, 0.717) is 35.9 Å². The Morgan fingerprint density at radius 1 is 1.08 bits per heavy atom. The number of rotatable bonds is 1. The van der Waals surface area contributed by atoms with Gasteiger partial charge in [0.15, 0.2) is 5.82 Å². The summed E-state index contributed by atoms with van der Waals surface area (Å²) in [5.41, 5.74) is -0.597. The molecule has 1 fully saturated rings. The minimum absolute atomic E-state index is 0.0783. The third-order valence-corrected chi connectivity index (χ3v) is 4.18. The Kier molecular flexibility index (Phi) is 3.34. The maximum Gasteiger partial charge on any atom is 0.416 e. The Hall–Kier alpha value is -2.42. The molecule has 1 saturated heterocycles. The summed E-state index contributed by atoms with van der Waals surface area (Å²) in [6, 6.07) is 1.41. The summed E-state index contributed by atoms with van der Waals surface area (Å²) in [6.45, 7) is 2.86. The van der Waals surface area contributed by atoms with Gasteiger partial charge in [-0.3, -0.25) is 5.10 Å². The average Bonchev–Trinajstić information content (AvgIpc) is 3.04. The van der Waals surface area contributed by atoms with E-state index in [2.05, 4.69) is 20.5 Å². The van der Waals surface area contributed by atoms with Crippen LogP contribution in [0.25, 0.3) is 21.8 Å². The fourth-order valence-corrected chi connectivity index (χ4v) is 3.01. The van der Waals surface area contributed by atoms with Crippen molar-refractivity contribution in [3.63, 3.8) is 0 Å². The van der Waals surface area contributed by atoms with Crippen LogP contribution in [0.5, 0.6) is 0 Å². The molecule has 0 spiro atoms. The molecule has 5 nitrogen and oxygen atoms in total. The molecule has 3 heterocycles. The number of hydrogen-bond donors (Lipinski definition) is 2. The molecule has 4 rings (SSSR count). The number of benzene rings is 1. The Labute approximate surface area is 133 Å². The highest BCUT2D eigenvalue weighted by Crippen LogP contribution is 2.36. The summed E-state index contributed by atoms with van der Waals surface area (Å²) in [4.78, 5) is 6.27. The highest BCUT2D eigenvalue weighted by molar-refractivity contribution is 6.08. The van der Waals surface area contributed by atoms with Crippen molar-refractivity contribution in [2.24, 2.45) is 0 Å². The minimum atomic E-state index is -4.62. The molecule has 126 valence electrons. The highest BCUT2D eigenvalue weighted by Gasteiger charge is 2.32. The fraction of sp³-hybridized carbons (Fsp3) is 0.333. The van der Waals surface area contributed by atoms with Crippen LogP contribution in [0.4, 0.5) is 23.4 Å². The first kappa shape index (κ1) is 15.1. The zero-order valence-electron chi connectivity index (χ0n) is 12.4. The summed E-state index contributed by atoms with van der Waals surface area (Å²) < 4.78 is 53.2. The van der Waals surface area contributed by atoms with Gasteiger partial charge in [-0.15, -0.1) is 0 Å². The third-order valence-electron chi connectivity index (χ3n) is 4.18. The summed E-state index contributed by atoms with van der Waals surface area (Å²) in [7, 11) is 0. The Balaban J connectivity index is 2.00. The zero-order chi connectivity index (χ0) is 16.9. The Morgan fingerprint density at radius 2 is 1.83 bits per heavy atom. The lowest BCUT2D eigenvalue weighted by Gasteiger charge is -2.29. The number of fused-ring (bicyclic) bond motifs is 3. The second-order valence-corrected chi connectivity index (χ2v) is 5.68. The first-order chi connectivity index (χ1) is 11.4. The zero-order valence-corrected chi connectivity index (χ0v) is 12.4. The minimum Gasteiger partial charge on any atom is -0.352 e. The molecule has 24 heavy (non-hydrogen) atoms. The van der Waals surface area contributed by atoms with Crippen molar-refractivity contribution in [1.29, 1.82) is 0 Å². The number of nitrogens with zero attached hydrogens (tertiary/aromatic N) is 3. The first-order valence-electron chi connectivity index (χ1n) is 7.44. The number of halogens is 4. The van der Waals surface area contributed by atoms with Crippen molar-refractivity contribution in [1.82, 2.24) is 20.5 Å². The number of alkyl halides is 3. The molecule has 1 aliphatic rings. The fourth-order valence-electron chi connectivity index (χ4n) is 3.01. The second-order valence-electron chi connectivity index (χ2n) is 5.68. The molecule has 2 N–H and O–H groups in total. The van der Waals surface area contributed by atoms with Gasteiger partial charge >= 0.3 is 6.18 Å². The number of H-pyrrole nitrogens is 1. The molecule has 1 aromatic carbocycles. The van der Waals surface area contributed by atoms with Gasteiger partial charge in [0.25, 0.3) is 0 Å². The van der Waals surface area contributed by atoms with E-state index in [1.54, 1.807) is 0 Å². The average molecular weight is 339 g/mol. The largest absolute Gasteiger partial charge is 0.416 e. The first-order valence-corrected chi connectivity index (χ1v) is 7.44. The smallest absolute Gasteiger partial charge is 0.352 e. The summed E-state index contributed by atoms with van der Waals surface area (Å²) in [5, 5.41) is 10.4. The van der Waals surface area contributed by atoms with Gasteiger partial charge in [-0.1, -0.05) is 0 Å². The van der Waals surface area contributed by atoms with Gasteiger partial charge in [-0.05, 0) is 12.1 Å². The summed E-state index contributed by atoms with van der Waals surface area (Å²) in [5.74, 6) is -0.477. The van der Waals surface area contributed by atoms with Crippen LogP contribution >= 0.6 is 0 Å². The number of aromatic nitrogens is 3. The number of piperazine rings is 1. The number of aromatic amines is 1. The molecular formula is C15H13F4N5. The van der Waals surface area contributed by atoms with E-state index >= 15 is 0 Å². The maximum absolute atomic E-state index is 14.3. The molecule has 0 bridgehead atoms. The van der Waals surface area contributed by atoms with E-state index in [1.807, 2.05) is 4.90 Å². The van der Waals surface area contributed by atoms with Gasteiger partial charge in [0.05, 0.1) is 11.8 Å². The molecule has 2 aromatic heterocycles. The number of anilines is 1. The quantitative estimate of drug-likeness (QED) is 0.670. The van der Waals surface area contributed by atoms with Crippen molar-refractivity contribution >= 4 is 27.6 Å². The number of hydrogen-bond acceptors (Lipinski definition) is 4. The van der Waals surface area contributed by atoms with Crippen LogP contribution in [0.3, 0.4) is 0 Å². The van der Waals surface area contributed by atoms with Gasteiger partial charge in [-0.25, -0.2) is 9.37 Å². The van der Waals surface area contributed by atoms with Gasteiger partial charge in [0, 0.05) is 37.0 Å². The van der Waals surface area contributed by atoms with Crippen LogP contribution in [0.15, 0.2) is 18.3 Å². The van der Waals surface area contributed by atoms with Crippen molar-refractivity contribution in [3.05, 3.63) is 29.7 Å². The van der Waals surface area contributed by atoms with Gasteiger partial charge in [0.2, 0.25) is 0 Å². The van der Waals surface area contributed by atoms with Crippen molar-refractivity contribution in [2.45, 2.75) is 6.18 Å². The van der Waals surface area contributed by atoms with E-state index < -0.39 is 17.6 Å². The van der Waals surface area contributed by atoms with Crippen LogP contribution in [0, 0.1) is 5.82 Å². The van der Waals surface area contributed by atoms with Crippen molar-refractivity contribution in [2.75, 3.05) is 31.1 Å².